The van der Waals surface area contributed by atoms with Crippen LogP contribution in [0.1, 0.15) is 11.4 Å². The monoisotopic (exact) mass is 593 g/mol. The summed E-state index contributed by atoms with van der Waals surface area (Å²) in [5.74, 6) is 1.37. The van der Waals surface area contributed by atoms with E-state index in [1.54, 1.807) is 25.2 Å². The molecule has 7 aromatic rings. The number of nitrogens with one attached hydrogen (secondary N) is 3. The standard InChI is InChI=1S/C35H31N9O/c1-43(2)34(45)22-37-25-10-6-11-26(20-25)39-35-36-17-16-28(42-35)31-21-38-33-13-7-12-30(44(31)33)24-14-15-27-29(19-24)41-32(40-27)18-23-8-4-3-5-9-23/h3-17,19-21,37H,18,22H2,1-2H3,(H,40,41)(H,36,39,42). The van der Waals surface area contributed by atoms with Crippen LogP contribution in [0.3, 0.4) is 0 Å². The summed E-state index contributed by atoms with van der Waals surface area (Å²) in [6, 6.07) is 32.2. The van der Waals surface area contributed by atoms with Gasteiger partial charge in [-0.25, -0.2) is 19.9 Å². The van der Waals surface area contributed by atoms with E-state index in [0.717, 1.165) is 62.9 Å². The molecule has 10 heteroatoms. The third-order valence-electron chi connectivity index (χ3n) is 7.55. The van der Waals surface area contributed by atoms with Gasteiger partial charge in [-0.1, -0.05) is 48.5 Å². The second kappa shape index (κ2) is 11.9. The minimum Gasteiger partial charge on any atom is -0.376 e. The molecule has 7 rings (SSSR count). The van der Waals surface area contributed by atoms with Crippen molar-refractivity contribution in [1.82, 2.24) is 34.2 Å². The molecule has 0 saturated carbocycles. The maximum atomic E-state index is 12.0. The van der Waals surface area contributed by atoms with Gasteiger partial charge in [0.15, 0.2) is 0 Å². The lowest BCUT2D eigenvalue weighted by atomic mass is 10.1. The third-order valence-corrected chi connectivity index (χ3v) is 7.55. The number of carbonyl (C=O) groups is 1. The first kappa shape index (κ1) is 27.8. The topological polar surface area (TPSA) is 116 Å². The normalized spacial score (nSPS) is 11.2. The summed E-state index contributed by atoms with van der Waals surface area (Å²) in [6.45, 7) is 0.210. The van der Waals surface area contributed by atoms with Gasteiger partial charge in [0.25, 0.3) is 0 Å². The molecule has 0 spiro atoms. The number of hydrogen-bond acceptors (Lipinski definition) is 7. The van der Waals surface area contributed by atoms with E-state index < -0.39 is 0 Å². The van der Waals surface area contributed by atoms with Crippen LogP contribution >= 0.6 is 0 Å². The van der Waals surface area contributed by atoms with Crippen molar-refractivity contribution in [2.24, 2.45) is 0 Å². The van der Waals surface area contributed by atoms with Gasteiger partial charge >= 0.3 is 0 Å². The molecule has 0 bridgehead atoms. The fourth-order valence-corrected chi connectivity index (χ4v) is 5.27. The van der Waals surface area contributed by atoms with Crippen LogP contribution in [0.25, 0.3) is 39.3 Å². The Bertz CT molecular complexity index is 2130. The van der Waals surface area contributed by atoms with E-state index in [1.165, 1.54) is 5.56 Å². The first-order valence-corrected chi connectivity index (χ1v) is 14.6. The molecule has 0 radical (unpaired) electrons. The maximum absolute atomic E-state index is 12.0. The lowest BCUT2D eigenvalue weighted by molar-refractivity contribution is -0.126. The van der Waals surface area contributed by atoms with E-state index in [4.69, 9.17) is 9.97 Å². The first-order chi connectivity index (χ1) is 22.0. The molecule has 1 amide bonds. The zero-order chi connectivity index (χ0) is 30.8. The second-order valence-electron chi connectivity index (χ2n) is 10.9. The van der Waals surface area contributed by atoms with Crippen LogP contribution in [-0.4, -0.2) is 60.8 Å². The summed E-state index contributed by atoms with van der Waals surface area (Å²) in [5, 5.41) is 6.45. The van der Waals surface area contributed by atoms with Gasteiger partial charge in [-0.3, -0.25) is 9.20 Å². The van der Waals surface area contributed by atoms with Gasteiger partial charge in [0.1, 0.15) is 11.5 Å². The quantitative estimate of drug-likeness (QED) is 0.183. The highest BCUT2D eigenvalue weighted by molar-refractivity contribution is 5.83. The minimum absolute atomic E-state index is 0.00547. The summed E-state index contributed by atoms with van der Waals surface area (Å²) in [7, 11) is 3.47. The average Bonchev–Trinajstić information content (AvgIpc) is 3.68. The highest BCUT2D eigenvalue weighted by atomic mass is 16.2. The lowest BCUT2D eigenvalue weighted by Crippen LogP contribution is -2.28. The van der Waals surface area contributed by atoms with Crippen molar-refractivity contribution < 1.29 is 4.79 Å². The van der Waals surface area contributed by atoms with Crippen LogP contribution < -0.4 is 10.6 Å². The molecule has 0 aliphatic heterocycles. The number of amides is 1. The van der Waals surface area contributed by atoms with Gasteiger partial charge < -0.3 is 20.5 Å². The Morgan fingerprint density at radius 2 is 1.69 bits per heavy atom. The van der Waals surface area contributed by atoms with Crippen LogP contribution in [0.4, 0.5) is 17.3 Å². The van der Waals surface area contributed by atoms with Crippen molar-refractivity contribution in [3.8, 4) is 22.6 Å². The number of H-pyrrole nitrogens is 1. The average molecular weight is 594 g/mol. The minimum atomic E-state index is -0.00547. The Hall–Kier alpha value is -6.03. The van der Waals surface area contributed by atoms with Gasteiger partial charge in [-0.2, -0.15) is 0 Å². The number of benzene rings is 3. The van der Waals surface area contributed by atoms with Crippen LogP contribution in [0, 0.1) is 0 Å². The van der Waals surface area contributed by atoms with Crippen molar-refractivity contribution in [3.05, 3.63) is 121 Å². The molecule has 4 heterocycles. The predicted octanol–water partition coefficient (Wildman–Crippen LogP) is 6.17. The third kappa shape index (κ3) is 5.94. The molecule has 0 aliphatic rings. The van der Waals surface area contributed by atoms with Crippen molar-refractivity contribution in [2.45, 2.75) is 6.42 Å². The van der Waals surface area contributed by atoms with Crippen molar-refractivity contribution in [1.29, 1.82) is 0 Å². The summed E-state index contributed by atoms with van der Waals surface area (Å²) in [5.41, 5.74) is 9.15. The number of pyridine rings is 1. The molecule has 222 valence electrons. The number of imidazole rings is 2. The van der Waals surface area contributed by atoms with Gasteiger partial charge in [0, 0.05) is 43.7 Å². The maximum Gasteiger partial charge on any atom is 0.241 e. The number of likely N-dealkylation sites (N-methyl/N-ethyl adjacent to an activating group) is 1. The number of aromatic amines is 1. The number of carbonyl (C=O) groups excluding carboxylic acids is 1. The number of fused-ring (bicyclic) bond motifs is 2. The van der Waals surface area contributed by atoms with Gasteiger partial charge in [0.2, 0.25) is 11.9 Å². The number of aromatic nitrogens is 6. The van der Waals surface area contributed by atoms with E-state index in [-0.39, 0.29) is 12.5 Å². The zero-order valence-corrected chi connectivity index (χ0v) is 24.9. The number of anilines is 3. The Balaban J connectivity index is 1.17. The molecule has 3 N–H and O–H groups in total. The highest BCUT2D eigenvalue weighted by Crippen LogP contribution is 2.29. The molecule has 4 aromatic heterocycles. The van der Waals surface area contributed by atoms with Crippen LogP contribution in [0.15, 0.2) is 109 Å². The van der Waals surface area contributed by atoms with Crippen LogP contribution in [-0.2, 0) is 11.2 Å². The largest absolute Gasteiger partial charge is 0.376 e. The molecule has 0 saturated heterocycles. The smallest absolute Gasteiger partial charge is 0.241 e. The SMILES string of the molecule is CN(C)C(=O)CNc1cccc(Nc2nccc(-c3cnc4cccc(-c5ccc6nc(Cc7ccccc7)[nH]c6c5)n34)n2)c1. The number of hydrogen-bond donors (Lipinski definition) is 3. The second-order valence-corrected chi connectivity index (χ2v) is 10.9. The molecule has 45 heavy (non-hydrogen) atoms. The molecule has 0 fully saturated rings. The molecule has 0 unspecified atom stereocenters. The van der Waals surface area contributed by atoms with E-state index in [0.29, 0.717) is 5.95 Å². The molecule has 0 aliphatic carbocycles. The van der Waals surface area contributed by atoms with Crippen molar-refractivity contribution >= 4 is 39.9 Å². The summed E-state index contributed by atoms with van der Waals surface area (Å²) in [6.07, 6.45) is 4.31. The Labute approximate surface area is 259 Å². The fraction of sp³-hybridized carbons (Fsp3) is 0.114. The lowest BCUT2D eigenvalue weighted by Gasteiger charge is -2.13. The summed E-state index contributed by atoms with van der Waals surface area (Å²) < 4.78 is 2.11. The Kier molecular flexibility index (Phi) is 7.36. The van der Waals surface area contributed by atoms with Crippen LogP contribution in [0.2, 0.25) is 0 Å². The highest BCUT2D eigenvalue weighted by Gasteiger charge is 2.15. The Morgan fingerprint density at radius 3 is 2.56 bits per heavy atom. The molecular formula is C35H31N9O. The van der Waals surface area contributed by atoms with Crippen molar-refractivity contribution in [2.75, 3.05) is 31.3 Å². The Morgan fingerprint density at radius 1 is 0.844 bits per heavy atom. The van der Waals surface area contributed by atoms with Gasteiger partial charge in [-0.15, -0.1) is 0 Å². The van der Waals surface area contributed by atoms with E-state index >= 15 is 0 Å². The van der Waals surface area contributed by atoms with E-state index in [2.05, 4.69) is 66.4 Å². The predicted molar refractivity (Wildman–Crippen MR) is 177 cm³/mol. The summed E-state index contributed by atoms with van der Waals surface area (Å²) in [4.78, 5) is 35.8. The number of rotatable bonds is 9. The van der Waals surface area contributed by atoms with Gasteiger partial charge in [-0.05, 0) is 54.1 Å². The number of nitrogens with zero attached hydrogens (tertiary/aromatic N) is 6. The molecular weight excluding hydrogens is 562 g/mol. The van der Waals surface area contributed by atoms with E-state index in [9.17, 15) is 4.79 Å². The summed E-state index contributed by atoms with van der Waals surface area (Å²) >= 11 is 0. The van der Waals surface area contributed by atoms with Crippen LogP contribution in [0.5, 0.6) is 0 Å². The molecule has 3 aromatic carbocycles. The first-order valence-electron chi connectivity index (χ1n) is 14.6. The fourth-order valence-electron chi connectivity index (χ4n) is 5.27. The van der Waals surface area contributed by atoms with Gasteiger partial charge in [0.05, 0.1) is 40.9 Å². The molecule has 10 nitrogen and oxygen atoms in total. The van der Waals surface area contributed by atoms with E-state index in [1.807, 2.05) is 66.9 Å². The van der Waals surface area contributed by atoms with Crippen molar-refractivity contribution in [3.63, 3.8) is 0 Å². The zero-order valence-electron chi connectivity index (χ0n) is 24.9. The molecule has 0 atom stereocenters.